The number of esters is 1. The first-order chi connectivity index (χ1) is 11.1. The fourth-order valence-electron chi connectivity index (χ4n) is 2.50. The Bertz CT molecular complexity index is 699. The van der Waals surface area contributed by atoms with Crippen LogP contribution in [0.15, 0.2) is 29.4 Å². The Morgan fingerprint density at radius 3 is 2.74 bits per heavy atom. The number of anilines is 2. The highest BCUT2D eigenvalue weighted by Crippen LogP contribution is 2.33. The van der Waals surface area contributed by atoms with Crippen molar-refractivity contribution in [1.29, 1.82) is 0 Å². The summed E-state index contributed by atoms with van der Waals surface area (Å²) in [5.41, 5.74) is 2.34. The van der Waals surface area contributed by atoms with Gasteiger partial charge >= 0.3 is 5.97 Å². The van der Waals surface area contributed by atoms with E-state index in [9.17, 15) is 4.79 Å². The van der Waals surface area contributed by atoms with Crippen LogP contribution in [0.2, 0.25) is 0 Å². The lowest BCUT2D eigenvalue weighted by atomic mass is 10.2. The predicted molar refractivity (Wildman–Crippen MR) is 90.2 cm³/mol. The van der Waals surface area contributed by atoms with Crippen LogP contribution in [-0.4, -0.2) is 39.1 Å². The van der Waals surface area contributed by atoms with Crippen LogP contribution >= 0.6 is 11.8 Å². The first-order valence-electron chi connectivity index (χ1n) is 7.71. The third kappa shape index (κ3) is 3.19. The molecular weight excluding hydrogens is 312 g/mol. The fraction of sp³-hybridized carbons (Fsp3) is 0.438. The maximum Gasteiger partial charge on any atom is 0.319 e. The summed E-state index contributed by atoms with van der Waals surface area (Å²) in [6, 6.07) is 8.36. The minimum atomic E-state index is -0.295. The number of hydrogen-bond donors (Lipinski definition) is 0. The number of carbonyl (C=O) groups is 1. The molecule has 0 N–H and O–H groups in total. The zero-order chi connectivity index (χ0) is 16.4. The average Bonchev–Trinajstić information content (AvgIpc) is 3.11. The number of aryl methyl sites for hydroxylation is 1. The van der Waals surface area contributed by atoms with Crippen molar-refractivity contribution in [3.63, 3.8) is 0 Å². The Hall–Kier alpha value is -2.02. The van der Waals surface area contributed by atoms with E-state index in [1.54, 1.807) is 0 Å². The lowest BCUT2D eigenvalue weighted by Crippen LogP contribution is -2.17. The van der Waals surface area contributed by atoms with Gasteiger partial charge < -0.3 is 9.64 Å². The summed E-state index contributed by atoms with van der Waals surface area (Å²) in [7, 11) is 0. The van der Waals surface area contributed by atoms with Crippen molar-refractivity contribution in [1.82, 2.24) is 14.8 Å². The minimum absolute atomic E-state index is 0.219. The molecule has 0 saturated carbocycles. The Labute approximate surface area is 139 Å². The minimum Gasteiger partial charge on any atom is -0.465 e. The lowest BCUT2D eigenvalue weighted by Gasteiger charge is -2.15. The topological polar surface area (TPSA) is 60.2 Å². The van der Waals surface area contributed by atoms with Gasteiger partial charge in [-0.25, -0.2) is 0 Å². The van der Waals surface area contributed by atoms with Crippen LogP contribution in [0.4, 0.5) is 11.6 Å². The van der Waals surface area contributed by atoms with Crippen LogP contribution in [-0.2, 0) is 16.1 Å². The highest BCUT2D eigenvalue weighted by atomic mass is 32.2. The number of ether oxygens (including phenoxy) is 1. The van der Waals surface area contributed by atoms with Gasteiger partial charge in [0.05, 0.1) is 6.61 Å². The van der Waals surface area contributed by atoms with E-state index >= 15 is 0 Å². The molecule has 1 atom stereocenters. The molecule has 2 aromatic rings. The van der Waals surface area contributed by atoms with E-state index in [4.69, 9.17) is 4.74 Å². The summed E-state index contributed by atoms with van der Waals surface area (Å²) in [5.74, 6) is 0.607. The Morgan fingerprint density at radius 1 is 1.30 bits per heavy atom. The lowest BCUT2D eigenvalue weighted by molar-refractivity contribution is -0.142. The van der Waals surface area contributed by atoms with Gasteiger partial charge in [0.1, 0.15) is 5.25 Å². The predicted octanol–water partition coefficient (Wildman–Crippen LogP) is 2.78. The van der Waals surface area contributed by atoms with Crippen molar-refractivity contribution in [3.8, 4) is 0 Å². The van der Waals surface area contributed by atoms with Gasteiger partial charge in [-0.15, -0.1) is 10.2 Å². The van der Waals surface area contributed by atoms with Crippen LogP contribution < -0.4 is 4.90 Å². The molecule has 0 spiro atoms. The van der Waals surface area contributed by atoms with E-state index in [0.29, 0.717) is 6.61 Å². The second-order valence-corrected chi connectivity index (χ2v) is 6.74. The maximum atomic E-state index is 11.8. The summed E-state index contributed by atoms with van der Waals surface area (Å²) in [6.45, 7) is 7.77. The monoisotopic (exact) mass is 332 g/mol. The molecule has 23 heavy (non-hydrogen) atoms. The number of carbonyl (C=O) groups excluding carboxylic acids is 1. The molecule has 0 saturated heterocycles. The van der Waals surface area contributed by atoms with Crippen molar-refractivity contribution in [2.75, 3.05) is 18.1 Å². The quantitative estimate of drug-likeness (QED) is 0.620. The average molecular weight is 332 g/mol. The molecule has 6 nitrogen and oxygen atoms in total. The number of fused-ring (bicyclic) bond motifs is 1. The van der Waals surface area contributed by atoms with E-state index in [2.05, 4.69) is 50.9 Å². The molecular formula is C16H20N4O2S. The van der Waals surface area contributed by atoms with Gasteiger partial charge in [-0.2, -0.15) is 0 Å². The van der Waals surface area contributed by atoms with Crippen molar-refractivity contribution in [2.24, 2.45) is 0 Å². The normalized spacial score (nSPS) is 14.7. The zero-order valence-electron chi connectivity index (χ0n) is 13.5. The molecule has 1 aromatic carbocycles. The highest BCUT2D eigenvalue weighted by molar-refractivity contribution is 8.00. The van der Waals surface area contributed by atoms with Crippen molar-refractivity contribution in [3.05, 3.63) is 29.8 Å². The standard InChI is InChI=1S/C16H20N4O2S/c1-4-22-14(21)12(3)23-16-18-17-15-19(9-10-20(15)16)13-7-5-11(2)6-8-13/h5-8,12H,4,9-10H2,1-3H3. The van der Waals surface area contributed by atoms with E-state index in [1.165, 1.54) is 17.3 Å². The summed E-state index contributed by atoms with van der Waals surface area (Å²) in [5, 5.41) is 9.01. The Morgan fingerprint density at radius 2 is 2.04 bits per heavy atom. The van der Waals surface area contributed by atoms with Crippen LogP contribution in [0.5, 0.6) is 0 Å². The van der Waals surface area contributed by atoms with Crippen molar-refractivity contribution < 1.29 is 9.53 Å². The van der Waals surface area contributed by atoms with Gasteiger partial charge in [0.25, 0.3) is 0 Å². The summed E-state index contributed by atoms with van der Waals surface area (Å²) in [4.78, 5) is 13.9. The largest absolute Gasteiger partial charge is 0.465 e. The Kier molecular flexibility index (Phi) is 4.56. The molecule has 1 unspecified atom stereocenters. The number of hydrogen-bond acceptors (Lipinski definition) is 6. The first kappa shape index (κ1) is 15.9. The molecule has 0 fully saturated rings. The molecule has 1 aliphatic heterocycles. The Balaban J connectivity index is 1.77. The molecule has 3 rings (SSSR count). The molecule has 0 amide bonds. The second-order valence-electron chi connectivity index (χ2n) is 5.43. The molecule has 122 valence electrons. The second kappa shape index (κ2) is 6.62. The number of benzene rings is 1. The number of aromatic nitrogens is 3. The number of thioether (sulfide) groups is 1. The molecule has 7 heteroatoms. The van der Waals surface area contributed by atoms with Crippen LogP contribution in [0.1, 0.15) is 19.4 Å². The molecule has 0 radical (unpaired) electrons. The molecule has 0 bridgehead atoms. The number of nitrogens with zero attached hydrogens (tertiary/aromatic N) is 4. The van der Waals surface area contributed by atoms with E-state index in [1.807, 2.05) is 13.8 Å². The third-order valence-electron chi connectivity index (χ3n) is 3.73. The van der Waals surface area contributed by atoms with Crippen molar-refractivity contribution >= 4 is 29.4 Å². The van der Waals surface area contributed by atoms with Crippen molar-refractivity contribution in [2.45, 2.75) is 37.7 Å². The fourth-order valence-corrected chi connectivity index (χ4v) is 3.37. The van der Waals surface area contributed by atoms with Gasteiger partial charge in [0, 0.05) is 18.8 Å². The van der Waals surface area contributed by atoms with Gasteiger partial charge in [0.15, 0.2) is 5.16 Å². The molecule has 0 aliphatic carbocycles. The van der Waals surface area contributed by atoms with Crippen LogP contribution in [0, 0.1) is 6.92 Å². The smallest absolute Gasteiger partial charge is 0.319 e. The highest BCUT2D eigenvalue weighted by Gasteiger charge is 2.28. The van der Waals surface area contributed by atoms with E-state index < -0.39 is 0 Å². The summed E-state index contributed by atoms with van der Waals surface area (Å²) in [6.07, 6.45) is 0. The van der Waals surface area contributed by atoms with E-state index in [-0.39, 0.29) is 11.2 Å². The van der Waals surface area contributed by atoms with Gasteiger partial charge in [-0.1, -0.05) is 29.5 Å². The van der Waals surface area contributed by atoms with Crippen LogP contribution in [0.3, 0.4) is 0 Å². The first-order valence-corrected chi connectivity index (χ1v) is 8.58. The summed E-state index contributed by atoms with van der Waals surface area (Å²) < 4.78 is 7.10. The maximum absolute atomic E-state index is 11.8. The number of rotatable bonds is 5. The van der Waals surface area contributed by atoms with E-state index in [0.717, 1.165) is 29.9 Å². The van der Waals surface area contributed by atoms with Gasteiger partial charge in [0.2, 0.25) is 5.95 Å². The summed E-state index contributed by atoms with van der Waals surface area (Å²) >= 11 is 1.39. The molecule has 2 heterocycles. The molecule has 1 aliphatic rings. The van der Waals surface area contributed by atoms with Gasteiger partial charge in [-0.3, -0.25) is 9.36 Å². The SMILES string of the molecule is CCOC(=O)C(C)Sc1nnc2n1CCN2c1ccc(C)cc1. The van der Waals surface area contributed by atoms with Crippen LogP contribution in [0.25, 0.3) is 0 Å². The third-order valence-corrected chi connectivity index (χ3v) is 4.79. The molecule has 1 aromatic heterocycles. The van der Waals surface area contributed by atoms with Gasteiger partial charge in [-0.05, 0) is 32.9 Å². The zero-order valence-corrected chi connectivity index (χ0v) is 14.3.